The van der Waals surface area contributed by atoms with Gasteiger partial charge in [-0.1, -0.05) is 79.6 Å². The summed E-state index contributed by atoms with van der Waals surface area (Å²) in [6.07, 6.45) is 7.98. The highest BCUT2D eigenvalue weighted by molar-refractivity contribution is 5.63. The average molecular weight is 250 g/mol. The molecular weight excluding hydrogens is 228 g/mol. The molecule has 0 N–H and O–H groups in total. The minimum Gasteiger partial charge on any atom is -0.0882 e. The molecule has 0 nitrogen and oxygen atoms in total. The van der Waals surface area contributed by atoms with Crippen LogP contribution in [0, 0.1) is 6.92 Å². The monoisotopic (exact) mass is 250 g/mol. The Bertz CT molecular complexity index is 515. The summed E-state index contributed by atoms with van der Waals surface area (Å²) in [5, 5.41) is 0. The Kier molecular flexibility index (Phi) is 4.97. The van der Waals surface area contributed by atoms with Crippen LogP contribution >= 0.6 is 0 Å². The van der Waals surface area contributed by atoms with Gasteiger partial charge >= 0.3 is 0 Å². The Balaban J connectivity index is 2.04. The molecule has 0 aliphatic carbocycles. The van der Waals surface area contributed by atoms with E-state index in [2.05, 4.69) is 74.5 Å². The van der Waals surface area contributed by atoms with Crippen LogP contribution in [-0.2, 0) is 6.42 Å². The summed E-state index contributed by atoms with van der Waals surface area (Å²) in [7, 11) is 0. The van der Waals surface area contributed by atoms with Crippen molar-refractivity contribution in [3.63, 3.8) is 0 Å². The fraction of sp³-hybridized carbons (Fsp3) is 0.263. The summed E-state index contributed by atoms with van der Waals surface area (Å²) in [6, 6.07) is 17.6. The zero-order valence-electron chi connectivity index (χ0n) is 11.9. The average Bonchev–Trinajstić information content (AvgIpc) is 2.45. The van der Waals surface area contributed by atoms with Gasteiger partial charge in [0.2, 0.25) is 0 Å². The molecule has 0 bridgehead atoms. The summed E-state index contributed by atoms with van der Waals surface area (Å²) >= 11 is 0. The van der Waals surface area contributed by atoms with Crippen LogP contribution in [0.3, 0.4) is 0 Å². The SMILES string of the molecule is CCC/C=C\Cc1ccc(-c2ccc(C)cc2)cc1. The van der Waals surface area contributed by atoms with Crippen LogP contribution < -0.4 is 0 Å². The van der Waals surface area contributed by atoms with Gasteiger partial charge in [-0.15, -0.1) is 0 Å². The summed E-state index contributed by atoms with van der Waals surface area (Å²) in [5.74, 6) is 0. The van der Waals surface area contributed by atoms with Crippen molar-refractivity contribution in [1.82, 2.24) is 0 Å². The third-order valence-electron chi connectivity index (χ3n) is 3.31. The van der Waals surface area contributed by atoms with Crippen molar-refractivity contribution in [3.8, 4) is 11.1 Å². The minimum atomic E-state index is 1.04. The van der Waals surface area contributed by atoms with Gasteiger partial charge in [-0.2, -0.15) is 0 Å². The van der Waals surface area contributed by atoms with Crippen molar-refractivity contribution in [3.05, 3.63) is 71.8 Å². The minimum absolute atomic E-state index is 1.04. The van der Waals surface area contributed by atoms with Crippen molar-refractivity contribution in [2.75, 3.05) is 0 Å². The van der Waals surface area contributed by atoms with Gasteiger partial charge < -0.3 is 0 Å². The molecule has 0 saturated heterocycles. The molecule has 0 fully saturated rings. The summed E-state index contributed by atoms with van der Waals surface area (Å²) in [5.41, 5.74) is 5.27. The molecule has 0 aliphatic heterocycles. The fourth-order valence-electron chi connectivity index (χ4n) is 2.08. The molecule has 0 heterocycles. The number of benzene rings is 2. The first-order valence-electron chi connectivity index (χ1n) is 7.10. The molecule has 0 aliphatic rings. The first-order valence-corrected chi connectivity index (χ1v) is 7.10. The molecule has 2 aromatic carbocycles. The first kappa shape index (κ1) is 13.6. The molecule has 0 radical (unpaired) electrons. The van der Waals surface area contributed by atoms with E-state index in [0.717, 1.165) is 6.42 Å². The quantitative estimate of drug-likeness (QED) is 0.609. The molecule has 2 aromatic rings. The lowest BCUT2D eigenvalue weighted by Crippen LogP contribution is -1.83. The Morgan fingerprint density at radius 2 is 1.37 bits per heavy atom. The van der Waals surface area contributed by atoms with Crippen molar-refractivity contribution in [2.45, 2.75) is 33.1 Å². The zero-order chi connectivity index (χ0) is 13.5. The van der Waals surface area contributed by atoms with E-state index >= 15 is 0 Å². The van der Waals surface area contributed by atoms with E-state index in [-0.39, 0.29) is 0 Å². The molecule has 0 amide bonds. The van der Waals surface area contributed by atoms with Gasteiger partial charge in [-0.25, -0.2) is 0 Å². The second-order valence-electron chi connectivity index (χ2n) is 5.03. The van der Waals surface area contributed by atoms with Crippen molar-refractivity contribution in [2.24, 2.45) is 0 Å². The molecule has 0 aromatic heterocycles. The third kappa shape index (κ3) is 4.10. The Hall–Kier alpha value is -1.82. The number of hydrogen-bond acceptors (Lipinski definition) is 0. The van der Waals surface area contributed by atoms with Gasteiger partial charge in [0.25, 0.3) is 0 Å². The Morgan fingerprint density at radius 3 is 1.95 bits per heavy atom. The number of aryl methyl sites for hydroxylation is 1. The highest BCUT2D eigenvalue weighted by Crippen LogP contribution is 2.20. The van der Waals surface area contributed by atoms with Gasteiger partial charge in [-0.3, -0.25) is 0 Å². The number of rotatable bonds is 5. The first-order chi connectivity index (χ1) is 9.29. The molecule has 0 spiro atoms. The highest BCUT2D eigenvalue weighted by atomic mass is 14.0. The van der Waals surface area contributed by atoms with Gasteiger partial charge in [0, 0.05) is 0 Å². The Morgan fingerprint density at radius 1 is 0.789 bits per heavy atom. The van der Waals surface area contributed by atoms with Crippen LogP contribution in [0.1, 0.15) is 30.9 Å². The topological polar surface area (TPSA) is 0 Å². The lowest BCUT2D eigenvalue weighted by molar-refractivity contribution is 0.953. The summed E-state index contributed by atoms with van der Waals surface area (Å²) < 4.78 is 0. The second-order valence-corrected chi connectivity index (χ2v) is 5.03. The standard InChI is InChI=1S/C19H22/c1-3-4-5-6-7-17-10-14-19(15-11-17)18-12-8-16(2)9-13-18/h5-6,8-15H,3-4,7H2,1-2H3/b6-5-. The number of hydrogen-bond donors (Lipinski definition) is 0. The molecule has 2 rings (SSSR count). The number of allylic oxidation sites excluding steroid dienone is 2. The zero-order valence-corrected chi connectivity index (χ0v) is 11.9. The number of unbranched alkanes of at least 4 members (excludes halogenated alkanes) is 1. The van der Waals surface area contributed by atoms with Crippen LogP contribution in [0.5, 0.6) is 0 Å². The lowest BCUT2D eigenvalue weighted by Gasteiger charge is -2.04. The van der Waals surface area contributed by atoms with Crippen LogP contribution in [0.25, 0.3) is 11.1 Å². The van der Waals surface area contributed by atoms with E-state index in [1.54, 1.807) is 0 Å². The summed E-state index contributed by atoms with van der Waals surface area (Å²) in [6.45, 7) is 4.33. The van der Waals surface area contributed by atoms with E-state index in [1.807, 2.05) is 0 Å². The third-order valence-corrected chi connectivity index (χ3v) is 3.31. The van der Waals surface area contributed by atoms with E-state index in [9.17, 15) is 0 Å². The highest BCUT2D eigenvalue weighted by Gasteiger charge is 1.97. The predicted molar refractivity (Wildman–Crippen MR) is 84.4 cm³/mol. The molecular formula is C19H22. The summed E-state index contributed by atoms with van der Waals surface area (Å²) in [4.78, 5) is 0. The molecule has 0 heteroatoms. The van der Waals surface area contributed by atoms with Crippen molar-refractivity contribution in [1.29, 1.82) is 0 Å². The van der Waals surface area contributed by atoms with Crippen molar-refractivity contribution < 1.29 is 0 Å². The van der Waals surface area contributed by atoms with Gasteiger partial charge in [0.15, 0.2) is 0 Å². The molecule has 0 unspecified atom stereocenters. The van der Waals surface area contributed by atoms with Gasteiger partial charge in [0.05, 0.1) is 0 Å². The largest absolute Gasteiger partial charge is 0.0882 e. The van der Waals surface area contributed by atoms with Gasteiger partial charge in [-0.05, 0) is 36.5 Å². The van der Waals surface area contributed by atoms with E-state index in [1.165, 1.54) is 35.1 Å². The lowest BCUT2D eigenvalue weighted by atomic mass is 10.0. The normalized spacial score (nSPS) is 11.1. The van der Waals surface area contributed by atoms with E-state index in [4.69, 9.17) is 0 Å². The predicted octanol–water partition coefficient (Wildman–Crippen LogP) is 5.56. The maximum absolute atomic E-state index is 2.27. The van der Waals surface area contributed by atoms with Crippen LogP contribution in [0.15, 0.2) is 60.7 Å². The second kappa shape index (κ2) is 6.94. The molecule has 0 saturated carbocycles. The maximum Gasteiger partial charge on any atom is -0.00974 e. The van der Waals surface area contributed by atoms with Crippen LogP contribution in [0.4, 0.5) is 0 Å². The smallest absolute Gasteiger partial charge is 0.00974 e. The van der Waals surface area contributed by atoms with Gasteiger partial charge in [0.1, 0.15) is 0 Å². The molecule has 98 valence electrons. The van der Waals surface area contributed by atoms with Crippen molar-refractivity contribution >= 4 is 0 Å². The van der Waals surface area contributed by atoms with Crippen LogP contribution in [0.2, 0.25) is 0 Å². The maximum atomic E-state index is 2.27. The van der Waals surface area contributed by atoms with E-state index in [0.29, 0.717) is 0 Å². The molecule has 19 heavy (non-hydrogen) atoms. The Labute approximate surface area is 116 Å². The fourth-order valence-corrected chi connectivity index (χ4v) is 2.08. The van der Waals surface area contributed by atoms with Crippen LogP contribution in [-0.4, -0.2) is 0 Å². The molecule has 0 atom stereocenters. The van der Waals surface area contributed by atoms with E-state index < -0.39 is 0 Å².